The number of halogens is 1. The van der Waals surface area contributed by atoms with Gasteiger partial charge in [-0.3, -0.25) is 15.1 Å². The molecule has 3 rings (SSSR count). The summed E-state index contributed by atoms with van der Waals surface area (Å²) < 4.78 is 0.699. The van der Waals surface area contributed by atoms with Crippen molar-refractivity contribution >= 4 is 27.3 Å². The van der Waals surface area contributed by atoms with Gasteiger partial charge in [-0.2, -0.15) is 0 Å². The van der Waals surface area contributed by atoms with Crippen molar-refractivity contribution in [1.29, 1.82) is 0 Å². The molecule has 1 spiro atoms. The largest absolute Gasteiger partial charge is 0.364 e. The Morgan fingerprint density at radius 1 is 1.47 bits per heavy atom. The number of hydrogen-bond donors (Lipinski definition) is 1. The van der Waals surface area contributed by atoms with E-state index in [0.29, 0.717) is 10.2 Å². The maximum atomic E-state index is 11.1. The van der Waals surface area contributed by atoms with Crippen LogP contribution < -0.4 is 10.2 Å². The molecule has 1 aromatic rings. The zero-order chi connectivity index (χ0) is 13.5. The van der Waals surface area contributed by atoms with Gasteiger partial charge in [0.05, 0.1) is 9.40 Å². The summed E-state index contributed by atoms with van der Waals surface area (Å²) in [5.41, 5.74) is 1.04. The number of aromatic nitrogens is 1. The molecule has 1 atom stereocenters. The fourth-order valence-electron chi connectivity index (χ4n) is 3.13. The molecule has 1 N–H and O–H groups in total. The van der Waals surface area contributed by atoms with E-state index < -0.39 is 0 Å². The lowest BCUT2D eigenvalue weighted by molar-refractivity contribution is -0.384. The second-order valence-corrected chi connectivity index (χ2v) is 6.20. The summed E-state index contributed by atoms with van der Waals surface area (Å²) in [6, 6.07) is 0. The molecule has 0 radical (unpaired) electrons. The molecule has 0 aromatic carbocycles. The van der Waals surface area contributed by atoms with E-state index in [9.17, 15) is 10.1 Å². The molecule has 7 heteroatoms. The van der Waals surface area contributed by atoms with Gasteiger partial charge in [0.25, 0.3) is 0 Å². The average molecular weight is 327 g/mol. The van der Waals surface area contributed by atoms with Gasteiger partial charge in [-0.1, -0.05) is 0 Å². The van der Waals surface area contributed by atoms with E-state index in [0.717, 1.165) is 39.0 Å². The van der Waals surface area contributed by atoms with Crippen LogP contribution in [0.3, 0.4) is 0 Å². The minimum Gasteiger partial charge on any atom is -0.364 e. The third-order valence-corrected chi connectivity index (χ3v) is 4.72. The summed E-state index contributed by atoms with van der Waals surface area (Å²) in [6.45, 7) is 3.81. The first-order valence-electron chi connectivity index (χ1n) is 6.35. The van der Waals surface area contributed by atoms with Crippen molar-refractivity contribution in [3.05, 3.63) is 27.0 Å². The molecule has 0 bridgehead atoms. The normalized spacial score (nSPS) is 26.3. The van der Waals surface area contributed by atoms with Crippen molar-refractivity contribution in [3.63, 3.8) is 0 Å². The Bertz CT molecular complexity index is 516. The van der Waals surface area contributed by atoms with Gasteiger partial charge < -0.3 is 10.2 Å². The highest BCUT2D eigenvalue weighted by atomic mass is 79.9. The molecule has 2 fully saturated rings. The van der Waals surface area contributed by atoms with E-state index in [4.69, 9.17) is 0 Å². The van der Waals surface area contributed by atoms with Crippen LogP contribution in [0.4, 0.5) is 11.4 Å². The number of hydrogen-bond acceptors (Lipinski definition) is 5. The summed E-state index contributed by atoms with van der Waals surface area (Å²) in [5.74, 6) is 0. The quantitative estimate of drug-likeness (QED) is 0.664. The van der Waals surface area contributed by atoms with E-state index in [-0.39, 0.29) is 16.0 Å². The molecule has 102 valence electrons. The van der Waals surface area contributed by atoms with Gasteiger partial charge in [0.15, 0.2) is 0 Å². The Morgan fingerprint density at radius 3 is 3.00 bits per heavy atom. The number of rotatable bonds is 2. The number of nitro groups is 1. The second kappa shape index (κ2) is 4.72. The molecule has 1 unspecified atom stereocenters. The Morgan fingerprint density at radius 2 is 2.32 bits per heavy atom. The minimum absolute atomic E-state index is 0.0809. The van der Waals surface area contributed by atoms with Crippen LogP contribution >= 0.6 is 15.9 Å². The molecule has 6 nitrogen and oxygen atoms in total. The van der Waals surface area contributed by atoms with Crippen LogP contribution in [0.5, 0.6) is 0 Å². The van der Waals surface area contributed by atoms with Crippen molar-refractivity contribution < 1.29 is 4.92 Å². The van der Waals surface area contributed by atoms with Crippen LogP contribution in [0.1, 0.15) is 12.8 Å². The first-order valence-corrected chi connectivity index (χ1v) is 7.14. The van der Waals surface area contributed by atoms with Crippen molar-refractivity contribution in [1.82, 2.24) is 10.3 Å². The maximum absolute atomic E-state index is 11.1. The molecule has 2 saturated heterocycles. The van der Waals surface area contributed by atoms with Gasteiger partial charge in [-0.25, -0.2) is 0 Å². The summed E-state index contributed by atoms with van der Waals surface area (Å²) in [6.07, 6.45) is 5.20. The summed E-state index contributed by atoms with van der Waals surface area (Å²) in [7, 11) is 0. The SMILES string of the molecule is O=[N+]([O-])c1cncc(Br)c1N1CCC2(CCNC2)C1. The van der Waals surface area contributed by atoms with Crippen LogP contribution in [-0.2, 0) is 0 Å². The monoisotopic (exact) mass is 326 g/mol. The number of pyridine rings is 1. The van der Waals surface area contributed by atoms with E-state index in [1.54, 1.807) is 6.20 Å². The van der Waals surface area contributed by atoms with Crippen molar-refractivity contribution in [3.8, 4) is 0 Å². The molecule has 1 aromatic heterocycles. The second-order valence-electron chi connectivity index (χ2n) is 5.34. The lowest BCUT2D eigenvalue weighted by atomic mass is 9.86. The highest BCUT2D eigenvalue weighted by Crippen LogP contribution is 2.43. The van der Waals surface area contributed by atoms with Gasteiger partial charge in [0.1, 0.15) is 11.9 Å². The zero-order valence-corrected chi connectivity index (χ0v) is 12.0. The Balaban J connectivity index is 1.93. The van der Waals surface area contributed by atoms with E-state index >= 15 is 0 Å². The molecule has 0 amide bonds. The van der Waals surface area contributed by atoms with Gasteiger partial charge in [0.2, 0.25) is 0 Å². The maximum Gasteiger partial charge on any atom is 0.311 e. The third kappa shape index (κ3) is 2.21. The van der Waals surface area contributed by atoms with Gasteiger partial charge in [-0.15, -0.1) is 0 Å². The average Bonchev–Trinajstić information content (AvgIpc) is 3.00. The summed E-state index contributed by atoms with van der Waals surface area (Å²) in [5, 5.41) is 14.5. The standard InChI is InChI=1S/C12H15BrN4O2/c13-9-5-15-6-10(17(18)19)11(9)16-4-2-12(8-16)1-3-14-7-12/h5-6,14H,1-4,7-8H2. The molecule has 19 heavy (non-hydrogen) atoms. The van der Waals surface area contributed by atoms with Crippen LogP contribution in [0.2, 0.25) is 0 Å². The van der Waals surface area contributed by atoms with Crippen LogP contribution in [0.15, 0.2) is 16.9 Å². The molecule has 0 aliphatic carbocycles. The molecular formula is C12H15BrN4O2. The van der Waals surface area contributed by atoms with Crippen molar-refractivity contribution in [2.75, 3.05) is 31.1 Å². The smallest absolute Gasteiger partial charge is 0.311 e. The predicted molar refractivity (Wildman–Crippen MR) is 75.3 cm³/mol. The Hall–Kier alpha value is -1.21. The fraction of sp³-hybridized carbons (Fsp3) is 0.583. The van der Waals surface area contributed by atoms with Crippen LogP contribution in [-0.4, -0.2) is 36.1 Å². The number of nitrogens with one attached hydrogen (secondary N) is 1. The topological polar surface area (TPSA) is 71.3 Å². The van der Waals surface area contributed by atoms with Gasteiger partial charge >= 0.3 is 5.69 Å². The van der Waals surface area contributed by atoms with Crippen LogP contribution in [0, 0.1) is 15.5 Å². The fourth-order valence-corrected chi connectivity index (χ4v) is 3.71. The minimum atomic E-state index is -0.356. The predicted octanol–water partition coefficient (Wildman–Crippen LogP) is 1.94. The molecule has 0 saturated carbocycles. The summed E-state index contributed by atoms with van der Waals surface area (Å²) in [4.78, 5) is 16.8. The van der Waals surface area contributed by atoms with Gasteiger partial charge in [-0.05, 0) is 35.3 Å². The molecule has 3 heterocycles. The van der Waals surface area contributed by atoms with Crippen LogP contribution in [0.25, 0.3) is 0 Å². The molecule has 2 aliphatic rings. The summed E-state index contributed by atoms with van der Waals surface area (Å²) >= 11 is 3.40. The highest BCUT2D eigenvalue weighted by Gasteiger charge is 2.42. The first-order chi connectivity index (χ1) is 9.11. The Kier molecular flexibility index (Phi) is 3.18. The highest BCUT2D eigenvalue weighted by molar-refractivity contribution is 9.10. The Labute approximate surface area is 119 Å². The molecule has 2 aliphatic heterocycles. The third-order valence-electron chi connectivity index (χ3n) is 4.14. The van der Waals surface area contributed by atoms with Crippen molar-refractivity contribution in [2.45, 2.75) is 12.8 Å². The first kappa shape index (κ1) is 12.8. The lowest BCUT2D eigenvalue weighted by Crippen LogP contribution is -2.29. The van der Waals surface area contributed by atoms with E-state index in [1.807, 2.05) is 0 Å². The zero-order valence-electron chi connectivity index (χ0n) is 10.4. The number of anilines is 1. The lowest BCUT2D eigenvalue weighted by Gasteiger charge is -2.24. The van der Waals surface area contributed by atoms with Crippen molar-refractivity contribution in [2.24, 2.45) is 5.41 Å². The van der Waals surface area contributed by atoms with E-state index in [2.05, 4.69) is 31.1 Å². The molecular weight excluding hydrogens is 312 g/mol. The number of nitrogens with zero attached hydrogens (tertiary/aromatic N) is 3. The van der Waals surface area contributed by atoms with E-state index in [1.165, 1.54) is 6.20 Å². The van der Waals surface area contributed by atoms with Gasteiger partial charge in [0, 0.05) is 31.2 Å².